The zero-order chi connectivity index (χ0) is 18.7. The van der Waals surface area contributed by atoms with Gasteiger partial charge >= 0.3 is 5.97 Å². The molecule has 1 N–H and O–H groups in total. The normalized spacial score (nSPS) is 10.4. The molecule has 6 heteroatoms. The first-order chi connectivity index (χ1) is 12.5. The first kappa shape index (κ1) is 17.3. The fraction of sp³-hybridized carbons (Fsp3) is 0. The van der Waals surface area contributed by atoms with Crippen molar-refractivity contribution in [2.45, 2.75) is 0 Å². The number of para-hydroxylation sites is 1. The number of hydrogen-bond acceptors (Lipinski definition) is 3. The van der Waals surface area contributed by atoms with Gasteiger partial charge in [-0.15, -0.1) is 0 Å². The van der Waals surface area contributed by atoms with Gasteiger partial charge in [-0.25, -0.2) is 13.6 Å². The molecule has 3 aromatic rings. The number of ketones is 1. The van der Waals surface area contributed by atoms with Crippen molar-refractivity contribution in [1.29, 1.82) is 0 Å². The van der Waals surface area contributed by atoms with Gasteiger partial charge in [-0.05, 0) is 36.4 Å². The van der Waals surface area contributed by atoms with Crippen LogP contribution in [-0.2, 0) is 0 Å². The number of carbonyl (C=O) groups excluding carboxylic acids is 1. The first-order valence-corrected chi connectivity index (χ1v) is 7.56. The lowest BCUT2D eigenvalue weighted by atomic mass is 10.0. The minimum Gasteiger partial charge on any atom is -0.478 e. The van der Waals surface area contributed by atoms with E-state index in [1.54, 1.807) is 18.2 Å². The monoisotopic (exact) mass is 354 g/mol. The van der Waals surface area contributed by atoms with Crippen LogP contribution in [0.2, 0.25) is 0 Å². The van der Waals surface area contributed by atoms with Crippen molar-refractivity contribution in [2.24, 2.45) is 0 Å². The molecule has 0 spiro atoms. The van der Waals surface area contributed by atoms with E-state index in [-0.39, 0.29) is 11.3 Å². The molecule has 0 unspecified atom stereocenters. The summed E-state index contributed by atoms with van der Waals surface area (Å²) in [7, 11) is 0. The summed E-state index contributed by atoms with van der Waals surface area (Å²) in [4.78, 5) is 23.9. The average Bonchev–Trinajstić information content (AvgIpc) is 2.63. The van der Waals surface area contributed by atoms with Crippen LogP contribution < -0.4 is 4.74 Å². The van der Waals surface area contributed by atoms with E-state index in [0.29, 0.717) is 0 Å². The third-order valence-electron chi connectivity index (χ3n) is 3.62. The first-order valence-electron chi connectivity index (χ1n) is 7.56. The zero-order valence-electron chi connectivity index (χ0n) is 13.3. The highest BCUT2D eigenvalue weighted by Crippen LogP contribution is 2.31. The molecule has 0 bridgehead atoms. The molecule has 130 valence electrons. The quantitative estimate of drug-likeness (QED) is 0.676. The van der Waals surface area contributed by atoms with E-state index < -0.39 is 40.3 Å². The highest BCUT2D eigenvalue weighted by atomic mass is 19.1. The van der Waals surface area contributed by atoms with Gasteiger partial charge in [0, 0.05) is 5.56 Å². The second-order valence-electron chi connectivity index (χ2n) is 5.36. The van der Waals surface area contributed by atoms with Crippen LogP contribution in [0.3, 0.4) is 0 Å². The van der Waals surface area contributed by atoms with Gasteiger partial charge < -0.3 is 9.84 Å². The molecule has 3 rings (SSSR count). The number of hydrogen-bond donors (Lipinski definition) is 1. The summed E-state index contributed by atoms with van der Waals surface area (Å²) >= 11 is 0. The molecule has 0 aromatic heterocycles. The summed E-state index contributed by atoms with van der Waals surface area (Å²) in [6.45, 7) is 0. The Bertz CT molecular complexity index is 984. The predicted octanol–water partition coefficient (Wildman–Crippen LogP) is 4.69. The van der Waals surface area contributed by atoms with Crippen LogP contribution >= 0.6 is 0 Å². The van der Waals surface area contributed by atoms with Crippen LogP contribution in [0.5, 0.6) is 11.5 Å². The average molecular weight is 354 g/mol. The molecule has 0 saturated carbocycles. The lowest BCUT2D eigenvalue weighted by Gasteiger charge is -2.12. The number of benzene rings is 3. The van der Waals surface area contributed by atoms with Crippen molar-refractivity contribution in [3.8, 4) is 11.5 Å². The maximum atomic E-state index is 14.9. The van der Waals surface area contributed by atoms with Gasteiger partial charge in [-0.3, -0.25) is 4.79 Å². The molecule has 0 aliphatic heterocycles. The number of carbonyl (C=O) groups is 2. The molecule has 4 nitrogen and oxygen atoms in total. The Labute approximate surface area is 147 Å². The Morgan fingerprint density at radius 2 is 1.54 bits per heavy atom. The Morgan fingerprint density at radius 1 is 0.846 bits per heavy atom. The van der Waals surface area contributed by atoms with Gasteiger partial charge in [0.1, 0.15) is 17.1 Å². The van der Waals surface area contributed by atoms with Crippen LogP contribution in [0.15, 0.2) is 66.7 Å². The number of carboxylic acid groups (broad SMARTS) is 1. The highest BCUT2D eigenvalue weighted by Gasteiger charge is 2.24. The van der Waals surface area contributed by atoms with Crippen LogP contribution in [0, 0.1) is 11.6 Å². The van der Waals surface area contributed by atoms with Crippen molar-refractivity contribution in [3.05, 3.63) is 95.1 Å². The van der Waals surface area contributed by atoms with Gasteiger partial charge in [0.25, 0.3) is 0 Å². The molecule has 0 aliphatic rings. The van der Waals surface area contributed by atoms with Gasteiger partial charge in [0.2, 0.25) is 0 Å². The van der Waals surface area contributed by atoms with Crippen molar-refractivity contribution in [3.63, 3.8) is 0 Å². The molecular weight excluding hydrogens is 342 g/mol. The minimum absolute atomic E-state index is 0.0577. The number of carboxylic acids is 1. The molecular formula is C20H12F2O4. The van der Waals surface area contributed by atoms with E-state index in [2.05, 4.69) is 0 Å². The van der Waals surface area contributed by atoms with E-state index in [0.717, 1.165) is 24.3 Å². The maximum absolute atomic E-state index is 14.9. The SMILES string of the molecule is O=C(c1cccc(F)c1)c1ccc(C(=O)O)c(Oc2ccccc2)c1F. The van der Waals surface area contributed by atoms with Crippen LogP contribution in [0.4, 0.5) is 8.78 Å². The standard InChI is InChI=1S/C20H12F2O4/c21-13-6-4-5-12(11-13)18(23)15-9-10-16(20(24)25)19(17(15)22)26-14-7-2-1-3-8-14/h1-11H,(H,24,25). The van der Waals surface area contributed by atoms with Crippen LogP contribution in [0.1, 0.15) is 26.3 Å². The molecule has 0 amide bonds. The fourth-order valence-corrected chi connectivity index (χ4v) is 2.39. The number of rotatable bonds is 5. The van der Waals surface area contributed by atoms with Gasteiger partial charge in [0.05, 0.1) is 5.56 Å². The Morgan fingerprint density at radius 3 is 2.19 bits per heavy atom. The van der Waals surface area contributed by atoms with Crippen molar-refractivity contribution in [2.75, 3.05) is 0 Å². The third-order valence-corrected chi connectivity index (χ3v) is 3.62. The minimum atomic E-state index is -1.40. The molecule has 0 aliphatic carbocycles. The Hall–Kier alpha value is -3.54. The predicted molar refractivity (Wildman–Crippen MR) is 89.7 cm³/mol. The van der Waals surface area contributed by atoms with E-state index in [1.165, 1.54) is 24.3 Å². The second-order valence-corrected chi connectivity index (χ2v) is 5.36. The molecule has 0 atom stereocenters. The van der Waals surface area contributed by atoms with Crippen LogP contribution in [0.25, 0.3) is 0 Å². The summed E-state index contributed by atoms with van der Waals surface area (Å²) in [5, 5.41) is 9.27. The largest absolute Gasteiger partial charge is 0.478 e. The molecule has 0 heterocycles. The molecule has 26 heavy (non-hydrogen) atoms. The van der Waals surface area contributed by atoms with E-state index >= 15 is 0 Å². The Balaban J connectivity index is 2.09. The number of ether oxygens (including phenoxy) is 1. The number of halogens is 2. The summed E-state index contributed by atoms with van der Waals surface area (Å²) in [6.07, 6.45) is 0. The van der Waals surface area contributed by atoms with Crippen molar-refractivity contribution < 1.29 is 28.2 Å². The van der Waals surface area contributed by atoms with Crippen molar-refractivity contribution in [1.82, 2.24) is 0 Å². The smallest absolute Gasteiger partial charge is 0.339 e. The number of aromatic carboxylic acids is 1. The summed E-state index contributed by atoms with van der Waals surface area (Å²) < 4.78 is 33.6. The summed E-state index contributed by atoms with van der Waals surface area (Å²) in [6, 6.07) is 14.9. The topological polar surface area (TPSA) is 63.6 Å². The van der Waals surface area contributed by atoms with E-state index in [9.17, 15) is 23.5 Å². The highest BCUT2D eigenvalue weighted by molar-refractivity contribution is 6.10. The van der Waals surface area contributed by atoms with E-state index in [1.807, 2.05) is 0 Å². The third kappa shape index (κ3) is 3.44. The maximum Gasteiger partial charge on any atom is 0.339 e. The Kier molecular flexibility index (Phi) is 4.75. The lowest BCUT2D eigenvalue weighted by Crippen LogP contribution is -2.09. The van der Waals surface area contributed by atoms with E-state index in [4.69, 9.17) is 4.74 Å². The summed E-state index contributed by atoms with van der Waals surface area (Å²) in [5.74, 6) is -4.31. The van der Waals surface area contributed by atoms with Crippen LogP contribution in [-0.4, -0.2) is 16.9 Å². The van der Waals surface area contributed by atoms with Crippen molar-refractivity contribution >= 4 is 11.8 Å². The molecule has 0 radical (unpaired) electrons. The van der Waals surface area contributed by atoms with Gasteiger partial charge in [-0.1, -0.05) is 30.3 Å². The second kappa shape index (κ2) is 7.14. The molecule has 3 aromatic carbocycles. The summed E-state index contributed by atoms with van der Waals surface area (Å²) in [5.41, 5.74) is -0.897. The lowest BCUT2D eigenvalue weighted by molar-refractivity contribution is 0.0692. The molecule has 0 fully saturated rings. The fourth-order valence-electron chi connectivity index (χ4n) is 2.39. The van der Waals surface area contributed by atoms with Gasteiger partial charge in [-0.2, -0.15) is 0 Å². The molecule has 0 saturated heterocycles. The zero-order valence-corrected chi connectivity index (χ0v) is 13.3. The van der Waals surface area contributed by atoms with Gasteiger partial charge in [0.15, 0.2) is 17.3 Å².